The second-order valence-electron chi connectivity index (χ2n) is 7.24. The molecule has 0 amide bonds. The van der Waals surface area contributed by atoms with Crippen LogP contribution in [-0.2, 0) is 4.79 Å². The molecule has 1 aliphatic heterocycles. The Balaban J connectivity index is 1.73. The van der Waals surface area contributed by atoms with Crippen molar-refractivity contribution in [1.29, 1.82) is 0 Å². The fourth-order valence-corrected chi connectivity index (χ4v) is 5.56. The Bertz CT molecular complexity index is 1130. The molecule has 4 nitrogen and oxygen atoms in total. The number of para-hydroxylation sites is 1. The molecule has 140 valence electrons. The lowest BCUT2D eigenvalue weighted by Crippen LogP contribution is -2.39. The van der Waals surface area contributed by atoms with Gasteiger partial charge in [0.25, 0.3) is 0 Å². The summed E-state index contributed by atoms with van der Waals surface area (Å²) in [4.78, 5) is 19.8. The number of carbonyl (C=O) groups is 1. The highest BCUT2D eigenvalue weighted by Gasteiger charge is 2.38. The minimum Gasteiger partial charge on any atom is -0.480 e. The smallest absolute Gasteiger partial charge is 0.320 e. The van der Waals surface area contributed by atoms with Crippen molar-refractivity contribution in [2.75, 3.05) is 6.54 Å². The molecule has 2 aromatic heterocycles. The summed E-state index contributed by atoms with van der Waals surface area (Å²) in [5.74, 6) is -0.734. The van der Waals surface area contributed by atoms with Gasteiger partial charge in [-0.3, -0.25) is 14.7 Å². The molecule has 0 spiro atoms. The monoisotopic (exact) mass is 388 g/mol. The van der Waals surface area contributed by atoms with Gasteiger partial charge in [0.1, 0.15) is 6.04 Å². The van der Waals surface area contributed by atoms with E-state index in [1.165, 1.54) is 15.0 Å². The maximum Gasteiger partial charge on any atom is 0.320 e. The number of hydrogen-bond donors (Lipinski definition) is 1. The van der Waals surface area contributed by atoms with Gasteiger partial charge in [-0.05, 0) is 48.1 Å². The van der Waals surface area contributed by atoms with Crippen molar-refractivity contribution < 1.29 is 9.90 Å². The third kappa shape index (κ3) is 2.87. The summed E-state index contributed by atoms with van der Waals surface area (Å²) in [6.45, 7) is 0.784. The van der Waals surface area contributed by atoms with Crippen molar-refractivity contribution in [2.45, 2.75) is 24.9 Å². The molecule has 3 heterocycles. The summed E-state index contributed by atoms with van der Waals surface area (Å²) >= 11 is 1.75. The quantitative estimate of drug-likeness (QED) is 0.529. The van der Waals surface area contributed by atoms with Crippen LogP contribution >= 0.6 is 11.3 Å². The lowest BCUT2D eigenvalue weighted by molar-refractivity contribution is -0.142. The molecular weight excluding hydrogens is 368 g/mol. The zero-order valence-electron chi connectivity index (χ0n) is 15.3. The van der Waals surface area contributed by atoms with Crippen molar-refractivity contribution in [1.82, 2.24) is 9.88 Å². The molecule has 28 heavy (non-hydrogen) atoms. The number of carboxylic acid groups (broad SMARTS) is 1. The molecule has 0 aliphatic carbocycles. The van der Waals surface area contributed by atoms with Crippen molar-refractivity contribution >= 4 is 38.3 Å². The number of likely N-dealkylation sites (tertiary alicyclic amines) is 1. The van der Waals surface area contributed by atoms with Gasteiger partial charge in [0.05, 0.1) is 11.6 Å². The van der Waals surface area contributed by atoms with Crippen molar-refractivity contribution in [2.24, 2.45) is 0 Å². The molecule has 1 aliphatic rings. The van der Waals surface area contributed by atoms with Crippen LogP contribution in [0.25, 0.3) is 21.0 Å². The molecule has 0 bridgehead atoms. The summed E-state index contributed by atoms with van der Waals surface area (Å²) in [5, 5.41) is 12.1. The second kappa shape index (κ2) is 7.00. The number of pyridine rings is 1. The minimum atomic E-state index is -0.734. The van der Waals surface area contributed by atoms with Gasteiger partial charge in [-0.25, -0.2) is 0 Å². The zero-order chi connectivity index (χ0) is 19.1. The van der Waals surface area contributed by atoms with Crippen LogP contribution in [0.5, 0.6) is 0 Å². The van der Waals surface area contributed by atoms with Crippen LogP contribution < -0.4 is 0 Å². The maximum atomic E-state index is 12.0. The third-order valence-corrected chi connectivity index (χ3v) is 6.77. The van der Waals surface area contributed by atoms with E-state index in [1.54, 1.807) is 11.3 Å². The Morgan fingerprint density at radius 1 is 1.14 bits per heavy atom. The predicted molar refractivity (Wildman–Crippen MR) is 113 cm³/mol. The molecule has 2 unspecified atom stereocenters. The first-order chi connectivity index (χ1) is 13.7. The molecule has 0 radical (unpaired) electrons. The van der Waals surface area contributed by atoms with E-state index < -0.39 is 12.0 Å². The van der Waals surface area contributed by atoms with Crippen molar-refractivity contribution in [3.63, 3.8) is 0 Å². The highest BCUT2D eigenvalue weighted by atomic mass is 32.1. The van der Waals surface area contributed by atoms with E-state index in [0.717, 1.165) is 29.4 Å². The Hall–Kier alpha value is -2.76. The Kier molecular flexibility index (Phi) is 4.34. The molecule has 5 heteroatoms. The number of hydrogen-bond acceptors (Lipinski definition) is 4. The van der Waals surface area contributed by atoms with Crippen LogP contribution in [0.2, 0.25) is 0 Å². The summed E-state index contributed by atoms with van der Waals surface area (Å²) in [7, 11) is 0. The SMILES string of the molecule is O=C(O)C1CCCN1C(c1cc2ccccc2s1)c1ccnc2ccccc12. The largest absolute Gasteiger partial charge is 0.480 e. The van der Waals surface area contributed by atoms with Crippen LogP contribution in [-0.4, -0.2) is 33.5 Å². The lowest BCUT2D eigenvalue weighted by atomic mass is 9.98. The molecule has 1 N–H and O–H groups in total. The number of thiophene rings is 1. The van der Waals surface area contributed by atoms with Gasteiger partial charge < -0.3 is 5.11 Å². The van der Waals surface area contributed by atoms with Crippen molar-refractivity contribution in [3.8, 4) is 0 Å². The Morgan fingerprint density at radius 3 is 2.82 bits per heavy atom. The second-order valence-corrected chi connectivity index (χ2v) is 8.36. The number of carboxylic acids is 1. The molecule has 2 atom stereocenters. The molecule has 1 saturated heterocycles. The minimum absolute atomic E-state index is 0.0890. The van der Waals surface area contributed by atoms with Crippen LogP contribution in [0, 0.1) is 0 Å². The van der Waals surface area contributed by atoms with E-state index in [4.69, 9.17) is 0 Å². The van der Waals surface area contributed by atoms with Crippen molar-refractivity contribution in [3.05, 3.63) is 77.3 Å². The highest BCUT2D eigenvalue weighted by molar-refractivity contribution is 7.19. The van der Waals surface area contributed by atoms with E-state index in [1.807, 2.05) is 30.5 Å². The van der Waals surface area contributed by atoms with E-state index in [-0.39, 0.29) is 6.04 Å². The first-order valence-corrected chi connectivity index (χ1v) is 10.3. The van der Waals surface area contributed by atoms with E-state index >= 15 is 0 Å². The first-order valence-electron chi connectivity index (χ1n) is 9.53. The number of benzene rings is 2. The first kappa shape index (κ1) is 17.3. The standard InChI is InChI=1S/C23H20N2O2S/c26-23(27)19-9-5-13-25(19)22(21-14-15-6-1-4-10-20(15)28-21)17-11-12-24-18-8-3-2-7-16(17)18/h1-4,6-8,10-12,14,19,22H,5,9,13H2,(H,26,27). The Labute approximate surface area is 167 Å². The summed E-state index contributed by atoms with van der Waals surface area (Å²) in [6, 6.07) is 20.2. The average Bonchev–Trinajstić information content (AvgIpc) is 3.36. The number of aromatic nitrogens is 1. The molecule has 0 saturated carbocycles. The topological polar surface area (TPSA) is 53.4 Å². The summed E-state index contributed by atoms with van der Waals surface area (Å²) in [5.41, 5.74) is 2.07. The maximum absolute atomic E-state index is 12.0. The number of rotatable bonds is 4. The van der Waals surface area contributed by atoms with Crippen LogP contribution in [0.4, 0.5) is 0 Å². The van der Waals surface area contributed by atoms with Gasteiger partial charge in [-0.1, -0.05) is 36.4 Å². The van der Waals surface area contributed by atoms with Gasteiger partial charge in [0.15, 0.2) is 0 Å². The highest BCUT2D eigenvalue weighted by Crippen LogP contribution is 2.42. The lowest BCUT2D eigenvalue weighted by Gasteiger charge is -2.31. The number of fused-ring (bicyclic) bond motifs is 2. The molecule has 2 aromatic carbocycles. The van der Waals surface area contributed by atoms with Gasteiger partial charge in [0.2, 0.25) is 0 Å². The normalized spacial score (nSPS) is 18.6. The number of aliphatic carboxylic acids is 1. The van der Waals surface area contributed by atoms with Gasteiger partial charge in [-0.15, -0.1) is 11.3 Å². The fourth-order valence-electron chi connectivity index (χ4n) is 4.35. The molecule has 4 aromatic rings. The average molecular weight is 388 g/mol. The molecule has 1 fully saturated rings. The zero-order valence-corrected chi connectivity index (χ0v) is 16.1. The van der Waals surface area contributed by atoms with Crippen LogP contribution in [0.3, 0.4) is 0 Å². The van der Waals surface area contributed by atoms with Gasteiger partial charge >= 0.3 is 5.97 Å². The van der Waals surface area contributed by atoms with Gasteiger partial charge in [-0.2, -0.15) is 0 Å². The van der Waals surface area contributed by atoms with Gasteiger partial charge in [0, 0.05) is 27.7 Å². The number of nitrogens with zero attached hydrogens (tertiary/aromatic N) is 2. The molecule has 5 rings (SSSR count). The fraction of sp³-hybridized carbons (Fsp3) is 0.217. The van der Waals surface area contributed by atoms with E-state index in [0.29, 0.717) is 6.42 Å². The molecular formula is C23H20N2O2S. The Morgan fingerprint density at radius 2 is 1.96 bits per heavy atom. The van der Waals surface area contributed by atoms with E-state index in [9.17, 15) is 9.90 Å². The van der Waals surface area contributed by atoms with Crippen LogP contribution in [0.1, 0.15) is 29.3 Å². The third-order valence-electron chi connectivity index (χ3n) is 5.60. The van der Waals surface area contributed by atoms with Crippen LogP contribution in [0.15, 0.2) is 66.9 Å². The summed E-state index contributed by atoms with van der Waals surface area (Å²) < 4.78 is 1.23. The predicted octanol–water partition coefficient (Wildman–Crippen LogP) is 5.09. The summed E-state index contributed by atoms with van der Waals surface area (Å²) in [6.07, 6.45) is 3.44. The van der Waals surface area contributed by atoms with E-state index in [2.05, 4.69) is 46.3 Å².